The van der Waals surface area contributed by atoms with Gasteiger partial charge in [0.15, 0.2) is 0 Å². The number of methoxy groups -OCH3 is 1. The summed E-state index contributed by atoms with van der Waals surface area (Å²) in [5.41, 5.74) is 1.28. The third-order valence-corrected chi connectivity index (χ3v) is 3.21. The largest absolute Gasteiger partial charge is 0.460 e. The maximum atomic E-state index is 13.1. The van der Waals surface area contributed by atoms with Gasteiger partial charge in [0.2, 0.25) is 0 Å². The van der Waals surface area contributed by atoms with Crippen LogP contribution in [0, 0.1) is 5.82 Å². The minimum absolute atomic E-state index is 0.107. The number of benzene rings is 1. The van der Waals surface area contributed by atoms with E-state index in [9.17, 15) is 14.0 Å². The van der Waals surface area contributed by atoms with Crippen LogP contribution in [0.2, 0.25) is 0 Å². The van der Waals surface area contributed by atoms with Crippen LogP contribution in [0.5, 0.6) is 0 Å². The van der Waals surface area contributed by atoms with Crippen LogP contribution in [0.25, 0.3) is 0 Å². The second-order valence-electron chi connectivity index (χ2n) is 4.75. The monoisotopic (exact) mass is 308 g/mol. The van der Waals surface area contributed by atoms with Crippen LogP contribution in [-0.2, 0) is 14.3 Å². The van der Waals surface area contributed by atoms with Crippen molar-refractivity contribution in [3.8, 4) is 0 Å². The number of rotatable bonds is 5. The minimum Gasteiger partial charge on any atom is -0.460 e. The zero-order chi connectivity index (χ0) is 16.1. The third-order valence-electron chi connectivity index (χ3n) is 3.21. The highest BCUT2D eigenvalue weighted by molar-refractivity contribution is 5.95. The van der Waals surface area contributed by atoms with E-state index in [0.717, 1.165) is 0 Å². The number of halogens is 1. The molecule has 0 bridgehead atoms. The topological polar surface area (TPSA) is 76.7 Å². The first-order chi connectivity index (χ1) is 10.5. The molecule has 118 valence electrons. The average molecular weight is 308 g/mol. The zero-order valence-corrected chi connectivity index (χ0v) is 12.3. The van der Waals surface area contributed by atoms with E-state index in [4.69, 9.17) is 9.47 Å². The number of hydrogen-bond acceptors (Lipinski definition) is 4. The highest BCUT2D eigenvalue weighted by atomic mass is 19.1. The first-order valence-electron chi connectivity index (χ1n) is 6.72. The fourth-order valence-corrected chi connectivity index (χ4v) is 2.17. The fraction of sp³-hybridized carbons (Fsp3) is 0.333. The predicted octanol–water partition coefficient (Wildman–Crippen LogP) is 1.64. The Kier molecular flexibility index (Phi) is 5.11. The standard InChI is InChI=1S/C15H17FN2O4/c1-9-12(14(19)22-8-7-21-2)13(18-15(20)17-9)10-3-5-11(16)6-4-10/h3-6,13H,7-8H2,1-2H3,(H2,17,18,20). The summed E-state index contributed by atoms with van der Waals surface area (Å²) in [6, 6.07) is 4.45. The summed E-state index contributed by atoms with van der Waals surface area (Å²) in [6.45, 7) is 2.00. The number of esters is 1. The quantitative estimate of drug-likeness (QED) is 0.640. The molecule has 0 fully saturated rings. The lowest BCUT2D eigenvalue weighted by atomic mass is 9.95. The van der Waals surface area contributed by atoms with E-state index in [1.54, 1.807) is 6.92 Å². The molecule has 1 unspecified atom stereocenters. The van der Waals surface area contributed by atoms with Crippen molar-refractivity contribution in [3.05, 3.63) is 46.9 Å². The SMILES string of the molecule is COCCOC(=O)C1=C(C)NC(=O)NC1c1ccc(F)cc1. The Morgan fingerprint density at radius 2 is 1.95 bits per heavy atom. The van der Waals surface area contributed by atoms with Gasteiger partial charge < -0.3 is 20.1 Å². The van der Waals surface area contributed by atoms with Crippen molar-refractivity contribution in [1.82, 2.24) is 10.6 Å². The lowest BCUT2D eigenvalue weighted by molar-refractivity contribution is -0.140. The maximum Gasteiger partial charge on any atom is 0.338 e. The van der Waals surface area contributed by atoms with Crippen molar-refractivity contribution >= 4 is 12.0 Å². The summed E-state index contributed by atoms with van der Waals surface area (Å²) in [4.78, 5) is 23.9. The molecule has 2 N–H and O–H groups in total. The second kappa shape index (κ2) is 7.04. The molecule has 2 amide bonds. The van der Waals surface area contributed by atoms with E-state index in [1.165, 1.54) is 31.4 Å². The van der Waals surface area contributed by atoms with Gasteiger partial charge in [-0.2, -0.15) is 0 Å². The number of allylic oxidation sites excluding steroid dienone is 1. The third kappa shape index (κ3) is 3.62. The van der Waals surface area contributed by atoms with Gasteiger partial charge in [0.05, 0.1) is 18.2 Å². The van der Waals surface area contributed by atoms with Gasteiger partial charge in [-0.05, 0) is 24.6 Å². The summed E-state index contributed by atoms with van der Waals surface area (Å²) in [5, 5.41) is 5.18. The van der Waals surface area contributed by atoms with Crippen molar-refractivity contribution in [2.45, 2.75) is 13.0 Å². The normalized spacial score (nSPS) is 17.8. The zero-order valence-electron chi connectivity index (χ0n) is 12.3. The summed E-state index contributed by atoms with van der Waals surface area (Å²) in [7, 11) is 1.50. The summed E-state index contributed by atoms with van der Waals surface area (Å²) < 4.78 is 23.0. The van der Waals surface area contributed by atoms with Crippen molar-refractivity contribution in [2.75, 3.05) is 20.3 Å². The minimum atomic E-state index is -0.690. The molecule has 1 aromatic carbocycles. The molecule has 22 heavy (non-hydrogen) atoms. The first-order valence-corrected chi connectivity index (χ1v) is 6.72. The maximum absolute atomic E-state index is 13.1. The molecule has 0 saturated carbocycles. The molecule has 1 aliphatic heterocycles. The van der Waals surface area contributed by atoms with Gasteiger partial charge in [-0.3, -0.25) is 0 Å². The molecular formula is C15H17FN2O4. The number of ether oxygens (including phenoxy) is 2. The Hall–Kier alpha value is -2.41. The van der Waals surface area contributed by atoms with E-state index >= 15 is 0 Å². The Morgan fingerprint density at radius 3 is 2.59 bits per heavy atom. The van der Waals surface area contributed by atoms with Crippen LogP contribution in [0.4, 0.5) is 9.18 Å². The van der Waals surface area contributed by atoms with Crippen LogP contribution in [0.3, 0.4) is 0 Å². The number of carbonyl (C=O) groups is 2. The number of urea groups is 1. The number of nitrogens with one attached hydrogen (secondary N) is 2. The van der Waals surface area contributed by atoms with E-state index in [1.807, 2.05) is 0 Å². The summed E-state index contributed by atoms with van der Waals surface area (Å²) >= 11 is 0. The molecule has 1 heterocycles. The van der Waals surface area contributed by atoms with Crippen LogP contribution in [0.15, 0.2) is 35.5 Å². The first kappa shape index (κ1) is 16.0. The average Bonchev–Trinajstić information content (AvgIpc) is 2.47. The predicted molar refractivity (Wildman–Crippen MR) is 76.3 cm³/mol. The molecule has 2 rings (SSSR count). The molecule has 7 heteroatoms. The van der Waals surface area contributed by atoms with Crippen LogP contribution in [-0.4, -0.2) is 32.3 Å². The van der Waals surface area contributed by atoms with Crippen molar-refractivity contribution in [3.63, 3.8) is 0 Å². The van der Waals surface area contributed by atoms with E-state index < -0.39 is 23.9 Å². The Balaban J connectivity index is 2.28. The van der Waals surface area contributed by atoms with E-state index in [2.05, 4.69) is 10.6 Å². The Morgan fingerprint density at radius 1 is 1.27 bits per heavy atom. The highest BCUT2D eigenvalue weighted by Gasteiger charge is 2.32. The summed E-state index contributed by atoms with van der Waals surface area (Å²) in [6.07, 6.45) is 0. The smallest absolute Gasteiger partial charge is 0.338 e. The van der Waals surface area contributed by atoms with Gasteiger partial charge in [0, 0.05) is 12.8 Å². The van der Waals surface area contributed by atoms with Crippen LogP contribution >= 0.6 is 0 Å². The fourth-order valence-electron chi connectivity index (χ4n) is 2.17. The van der Waals surface area contributed by atoms with E-state index in [-0.39, 0.29) is 18.8 Å². The molecule has 0 aromatic heterocycles. The molecule has 0 saturated heterocycles. The second-order valence-corrected chi connectivity index (χ2v) is 4.75. The Bertz CT molecular complexity index is 598. The molecule has 0 radical (unpaired) electrons. The van der Waals surface area contributed by atoms with Gasteiger partial charge >= 0.3 is 12.0 Å². The van der Waals surface area contributed by atoms with Gasteiger partial charge in [-0.15, -0.1) is 0 Å². The van der Waals surface area contributed by atoms with E-state index in [0.29, 0.717) is 11.3 Å². The number of hydrogen-bond donors (Lipinski definition) is 2. The van der Waals surface area contributed by atoms with Crippen molar-refractivity contribution in [1.29, 1.82) is 0 Å². The molecule has 1 atom stereocenters. The Labute approximate surface area is 127 Å². The van der Waals surface area contributed by atoms with Crippen LogP contribution < -0.4 is 10.6 Å². The molecule has 0 spiro atoms. The molecule has 1 aromatic rings. The highest BCUT2D eigenvalue weighted by Crippen LogP contribution is 2.27. The molecule has 1 aliphatic rings. The molecular weight excluding hydrogens is 291 g/mol. The molecule has 6 nitrogen and oxygen atoms in total. The van der Waals surface area contributed by atoms with Crippen molar-refractivity contribution in [2.24, 2.45) is 0 Å². The van der Waals surface area contributed by atoms with Gasteiger partial charge in [-0.25, -0.2) is 14.0 Å². The molecule has 0 aliphatic carbocycles. The van der Waals surface area contributed by atoms with Gasteiger partial charge in [-0.1, -0.05) is 12.1 Å². The number of amides is 2. The van der Waals surface area contributed by atoms with Gasteiger partial charge in [0.1, 0.15) is 12.4 Å². The lowest BCUT2D eigenvalue weighted by Crippen LogP contribution is -2.45. The van der Waals surface area contributed by atoms with Crippen LogP contribution in [0.1, 0.15) is 18.5 Å². The number of carbonyl (C=O) groups excluding carboxylic acids is 2. The van der Waals surface area contributed by atoms with Gasteiger partial charge in [0.25, 0.3) is 0 Å². The summed E-state index contributed by atoms with van der Waals surface area (Å²) in [5.74, 6) is -0.953. The van der Waals surface area contributed by atoms with Crippen molar-refractivity contribution < 1.29 is 23.5 Å². The lowest BCUT2D eigenvalue weighted by Gasteiger charge is -2.28.